The predicted octanol–water partition coefficient (Wildman–Crippen LogP) is 5.11. The Morgan fingerprint density at radius 1 is 0.931 bits per heavy atom. The minimum Gasteiger partial charge on any atom is -0.494 e. The van der Waals surface area contributed by atoms with Crippen LogP contribution in [0.3, 0.4) is 0 Å². The molecule has 3 rings (SSSR count). The van der Waals surface area contributed by atoms with Crippen molar-refractivity contribution < 1.29 is 23.5 Å². The highest BCUT2D eigenvalue weighted by Crippen LogP contribution is 2.34. The third kappa shape index (κ3) is 4.64. The summed E-state index contributed by atoms with van der Waals surface area (Å²) in [6, 6.07) is 10.9. The Labute approximate surface area is 176 Å². The molecule has 7 nitrogen and oxygen atoms in total. The average molecular weight is 435 g/mol. The van der Waals surface area contributed by atoms with Crippen molar-refractivity contribution in [3.05, 3.63) is 70.1 Å². The van der Waals surface area contributed by atoms with Crippen LogP contribution in [0.1, 0.15) is 20.9 Å². The van der Waals surface area contributed by atoms with Gasteiger partial charge in [-0.15, -0.1) is 0 Å². The van der Waals surface area contributed by atoms with Crippen molar-refractivity contribution in [1.29, 1.82) is 0 Å². The maximum absolute atomic E-state index is 12.5. The van der Waals surface area contributed by atoms with E-state index in [1.807, 2.05) is 0 Å². The van der Waals surface area contributed by atoms with E-state index in [9.17, 15) is 9.59 Å². The molecule has 3 aromatic rings. The molecule has 0 bridgehead atoms. The standard InChI is InChI=1S/C20H16Cl2N2O5/c1-27-17-10-12(5-6-15(17)24-20(26)16-4-3-7-29-16)23-19(25)11-8-13(21)18(28-2)14(22)9-11/h3-10H,1-2H3,(H,23,25)(H,24,26). The van der Waals surface area contributed by atoms with Crippen molar-refractivity contribution in [2.75, 3.05) is 24.9 Å². The van der Waals surface area contributed by atoms with E-state index in [0.717, 1.165) is 0 Å². The fraction of sp³-hybridized carbons (Fsp3) is 0.100. The van der Waals surface area contributed by atoms with Gasteiger partial charge in [0.25, 0.3) is 11.8 Å². The number of anilines is 2. The number of furan rings is 1. The van der Waals surface area contributed by atoms with Crippen LogP contribution in [-0.2, 0) is 0 Å². The van der Waals surface area contributed by atoms with Crippen LogP contribution in [0.25, 0.3) is 0 Å². The zero-order valence-electron chi connectivity index (χ0n) is 15.4. The second-order valence-electron chi connectivity index (χ2n) is 5.77. The summed E-state index contributed by atoms with van der Waals surface area (Å²) in [6.45, 7) is 0. The Morgan fingerprint density at radius 2 is 1.66 bits per heavy atom. The lowest BCUT2D eigenvalue weighted by Crippen LogP contribution is -2.14. The van der Waals surface area contributed by atoms with E-state index in [-0.39, 0.29) is 21.4 Å². The maximum atomic E-state index is 12.5. The summed E-state index contributed by atoms with van der Waals surface area (Å²) < 4.78 is 15.4. The molecule has 150 valence electrons. The number of rotatable bonds is 6. The number of halogens is 2. The molecule has 0 saturated carbocycles. The lowest BCUT2D eigenvalue weighted by molar-refractivity contribution is 0.0994. The number of hydrogen-bond acceptors (Lipinski definition) is 5. The molecule has 0 atom stereocenters. The van der Waals surface area contributed by atoms with Gasteiger partial charge in [-0.2, -0.15) is 0 Å². The fourth-order valence-electron chi connectivity index (χ4n) is 2.55. The zero-order valence-corrected chi connectivity index (χ0v) is 16.9. The van der Waals surface area contributed by atoms with Crippen LogP contribution in [0.5, 0.6) is 11.5 Å². The van der Waals surface area contributed by atoms with E-state index >= 15 is 0 Å². The van der Waals surface area contributed by atoms with Gasteiger partial charge in [0.05, 0.1) is 36.2 Å². The molecule has 0 fully saturated rings. The van der Waals surface area contributed by atoms with Gasteiger partial charge in [-0.05, 0) is 36.4 Å². The smallest absolute Gasteiger partial charge is 0.291 e. The highest BCUT2D eigenvalue weighted by molar-refractivity contribution is 6.37. The van der Waals surface area contributed by atoms with Crippen molar-refractivity contribution in [1.82, 2.24) is 0 Å². The summed E-state index contributed by atoms with van der Waals surface area (Å²) in [5, 5.41) is 5.85. The number of benzene rings is 2. The van der Waals surface area contributed by atoms with Crippen LogP contribution < -0.4 is 20.1 Å². The van der Waals surface area contributed by atoms with Crippen LogP contribution in [-0.4, -0.2) is 26.0 Å². The van der Waals surface area contributed by atoms with Gasteiger partial charge in [0.15, 0.2) is 11.5 Å². The molecule has 0 spiro atoms. The van der Waals surface area contributed by atoms with Crippen molar-refractivity contribution in [2.24, 2.45) is 0 Å². The number of methoxy groups -OCH3 is 2. The van der Waals surface area contributed by atoms with Gasteiger partial charge >= 0.3 is 0 Å². The van der Waals surface area contributed by atoms with Crippen molar-refractivity contribution in [2.45, 2.75) is 0 Å². The summed E-state index contributed by atoms with van der Waals surface area (Å²) in [6.07, 6.45) is 1.41. The Balaban J connectivity index is 1.78. The first kappa shape index (κ1) is 20.6. The molecule has 1 heterocycles. The number of carbonyl (C=O) groups is 2. The van der Waals surface area contributed by atoms with Gasteiger partial charge in [-0.25, -0.2) is 0 Å². The molecule has 2 amide bonds. The number of nitrogens with one attached hydrogen (secondary N) is 2. The highest BCUT2D eigenvalue weighted by Gasteiger charge is 2.16. The minimum atomic E-state index is -0.425. The molecule has 9 heteroatoms. The molecular formula is C20H16Cl2N2O5. The monoisotopic (exact) mass is 434 g/mol. The van der Waals surface area contributed by atoms with Crippen LogP contribution in [0.15, 0.2) is 53.1 Å². The number of hydrogen-bond donors (Lipinski definition) is 2. The van der Waals surface area contributed by atoms with Crippen LogP contribution in [0.2, 0.25) is 10.0 Å². The molecule has 2 aromatic carbocycles. The summed E-state index contributed by atoms with van der Waals surface area (Å²) in [7, 11) is 2.89. The Kier molecular flexibility index (Phi) is 6.31. The van der Waals surface area contributed by atoms with E-state index < -0.39 is 11.8 Å². The van der Waals surface area contributed by atoms with Gasteiger partial charge in [-0.1, -0.05) is 23.2 Å². The van der Waals surface area contributed by atoms with Gasteiger partial charge in [-0.3, -0.25) is 9.59 Å². The summed E-state index contributed by atoms with van der Waals surface area (Å²) >= 11 is 12.2. The molecule has 0 radical (unpaired) electrons. The summed E-state index contributed by atoms with van der Waals surface area (Å²) in [5.74, 6) is -0.0344. The topological polar surface area (TPSA) is 89.8 Å². The molecule has 0 aliphatic heterocycles. The van der Waals surface area contributed by atoms with E-state index in [4.69, 9.17) is 37.1 Å². The number of amides is 2. The Morgan fingerprint density at radius 3 is 2.24 bits per heavy atom. The first-order chi connectivity index (χ1) is 13.9. The lowest BCUT2D eigenvalue weighted by Gasteiger charge is -2.13. The molecule has 1 aromatic heterocycles. The molecule has 0 aliphatic rings. The largest absolute Gasteiger partial charge is 0.494 e. The summed E-state index contributed by atoms with van der Waals surface area (Å²) in [5.41, 5.74) is 1.13. The Hall–Kier alpha value is -3.16. The molecule has 0 saturated heterocycles. The maximum Gasteiger partial charge on any atom is 0.291 e. The van der Waals surface area contributed by atoms with Gasteiger partial charge in [0, 0.05) is 17.3 Å². The first-order valence-electron chi connectivity index (χ1n) is 8.30. The number of carbonyl (C=O) groups excluding carboxylic acids is 2. The van der Waals surface area contributed by atoms with Gasteiger partial charge in [0.1, 0.15) is 5.75 Å². The molecule has 0 aliphatic carbocycles. The molecule has 0 unspecified atom stereocenters. The van der Waals surface area contributed by atoms with Crippen LogP contribution >= 0.6 is 23.2 Å². The first-order valence-corrected chi connectivity index (χ1v) is 9.05. The predicted molar refractivity (Wildman–Crippen MR) is 111 cm³/mol. The normalized spacial score (nSPS) is 10.3. The second-order valence-corrected chi connectivity index (χ2v) is 6.59. The van der Waals surface area contributed by atoms with Gasteiger partial charge in [0.2, 0.25) is 0 Å². The SMILES string of the molecule is COc1cc(NC(=O)c2cc(Cl)c(OC)c(Cl)c2)ccc1NC(=O)c1ccco1. The zero-order chi connectivity index (χ0) is 21.0. The van der Waals surface area contributed by atoms with Crippen molar-refractivity contribution >= 4 is 46.4 Å². The molecule has 2 N–H and O–H groups in total. The molecule has 29 heavy (non-hydrogen) atoms. The quantitative estimate of drug-likeness (QED) is 0.562. The van der Waals surface area contributed by atoms with E-state index in [1.54, 1.807) is 30.3 Å². The third-order valence-corrected chi connectivity index (χ3v) is 4.48. The van der Waals surface area contributed by atoms with Gasteiger partial charge < -0.3 is 24.5 Å². The second kappa shape index (κ2) is 8.89. The van der Waals surface area contributed by atoms with Crippen LogP contribution in [0.4, 0.5) is 11.4 Å². The van der Waals surface area contributed by atoms with Crippen LogP contribution in [0, 0.1) is 0 Å². The van der Waals surface area contributed by atoms with E-state index in [0.29, 0.717) is 22.9 Å². The molecular weight excluding hydrogens is 419 g/mol. The van der Waals surface area contributed by atoms with E-state index in [1.165, 1.54) is 32.6 Å². The average Bonchev–Trinajstić information content (AvgIpc) is 3.23. The lowest BCUT2D eigenvalue weighted by atomic mass is 10.2. The van der Waals surface area contributed by atoms with E-state index in [2.05, 4.69) is 10.6 Å². The van der Waals surface area contributed by atoms with Crippen molar-refractivity contribution in [3.63, 3.8) is 0 Å². The number of ether oxygens (including phenoxy) is 2. The Bertz CT molecular complexity index is 1030. The minimum absolute atomic E-state index is 0.165. The van der Waals surface area contributed by atoms with Crippen molar-refractivity contribution in [3.8, 4) is 11.5 Å². The third-order valence-electron chi connectivity index (χ3n) is 3.92. The highest BCUT2D eigenvalue weighted by atomic mass is 35.5. The fourth-order valence-corrected chi connectivity index (χ4v) is 3.19. The summed E-state index contributed by atoms with van der Waals surface area (Å²) in [4.78, 5) is 24.7.